The van der Waals surface area contributed by atoms with Gasteiger partial charge in [0.05, 0.1) is 12.0 Å². The van der Waals surface area contributed by atoms with Crippen molar-refractivity contribution in [3.8, 4) is 5.75 Å². The maximum absolute atomic E-state index is 12.3. The van der Waals surface area contributed by atoms with Crippen molar-refractivity contribution in [2.24, 2.45) is 0 Å². The number of hydrogen-bond acceptors (Lipinski definition) is 4. The SMILES string of the molecule is COc1ccc(S(=O)(=O)n2ccnc2C)cc1C. The molecule has 0 amide bonds. The standard InChI is InChI=1S/C12H14N2O3S/c1-9-8-11(4-5-12(9)17-3)18(15,16)14-7-6-13-10(14)2/h4-8H,1-3H3. The van der Waals surface area contributed by atoms with Crippen LogP contribution < -0.4 is 4.74 Å². The van der Waals surface area contributed by atoms with Crippen LogP contribution in [0.4, 0.5) is 0 Å². The van der Waals surface area contributed by atoms with Crippen LogP contribution in [0.1, 0.15) is 11.4 Å². The second-order valence-electron chi connectivity index (χ2n) is 3.91. The van der Waals surface area contributed by atoms with Gasteiger partial charge in [0, 0.05) is 12.4 Å². The third-order valence-electron chi connectivity index (χ3n) is 2.71. The molecule has 1 heterocycles. The Balaban J connectivity index is 2.56. The van der Waals surface area contributed by atoms with E-state index in [2.05, 4.69) is 4.98 Å². The van der Waals surface area contributed by atoms with Gasteiger partial charge in [-0.1, -0.05) is 0 Å². The first-order valence-electron chi connectivity index (χ1n) is 5.37. The van der Waals surface area contributed by atoms with Crippen molar-refractivity contribution in [3.63, 3.8) is 0 Å². The molecule has 0 saturated carbocycles. The van der Waals surface area contributed by atoms with Crippen LogP contribution in [0.25, 0.3) is 0 Å². The van der Waals surface area contributed by atoms with Crippen LogP contribution in [-0.4, -0.2) is 24.5 Å². The summed E-state index contributed by atoms with van der Waals surface area (Å²) >= 11 is 0. The van der Waals surface area contributed by atoms with Gasteiger partial charge in [-0.05, 0) is 37.6 Å². The lowest BCUT2D eigenvalue weighted by atomic mass is 10.2. The van der Waals surface area contributed by atoms with Crippen molar-refractivity contribution in [3.05, 3.63) is 42.0 Å². The third kappa shape index (κ3) is 1.99. The molecule has 0 atom stereocenters. The van der Waals surface area contributed by atoms with E-state index in [1.807, 2.05) is 0 Å². The van der Waals surface area contributed by atoms with Crippen LogP contribution in [-0.2, 0) is 10.0 Å². The number of aryl methyl sites for hydroxylation is 2. The van der Waals surface area contributed by atoms with Crippen molar-refractivity contribution < 1.29 is 13.2 Å². The molecule has 5 nitrogen and oxygen atoms in total. The summed E-state index contributed by atoms with van der Waals surface area (Å²) in [6, 6.07) is 4.77. The Morgan fingerprint density at radius 1 is 1.28 bits per heavy atom. The van der Waals surface area contributed by atoms with Gasteiger partial charge in [-0.2, -0.15) is 0 Å². The van der Waals surface area contributed by atoms with E-state index in [4.69, 9.17) is 4.74 Å². The number of hydrogen-bond donors (Lipinski definition) is 0. The summed E-state index contributed by atoms with van der Waals surface area (Å²) in [4.78, 5) is 4.15. The minimum absolute atomic E-state index is 0.224. The molecule has 0 radical (unpaired) electrons. The summed E-state index contributed by atoms with van der Waals surface area (Å²) in [6.07, 6.45) is 2.90. The molecule has 0 spiro atoms. The van der Waals surface area contributed by atoms with Gasteiger partial charge in [-0.15, -0.1) is 0 Å². The number of rotatable bonds is 3. The van der Waals surface area contributed by atoms with Crippen LogP contribution in [0.2, 0.25) is 0 Å². The molecule has 1 aromatic carbocycles. The van der Waals surface area contributed by atoms with Gasteiger partial charge in [-0.3, -0.25) is 0 Å². The smallest absolute Gasteiger partial charge is 0.269 e. The first-order chi connectivity index (χ1) is 8.46. The van der Waals surface area contributed by atoms with E-state index in [0.29, 0.717) is 11.6 Å². The van der Waals surface area contributed by atoms with Crippen LogP contribution in [0.15, 0.2) is 35.5 Å². The topological polar surface area (TPSA) is 61.2 Å². The molecule has 18 heavy (non-hydrogen) atoms. The number of nitrogens with zero attached hydrogens (tertiary/aromatic N) is 2. The predicted molar refractivity (Wildman–Crippen MR) is 67.3 cm³/mol. The molecule has 0 fully saturated rings. The van der Waals surface area contributed by atoms with E-state index in [9.17, 15) is 8.42 Å². The molecule has 0 aliphatic carbocycles. The van der Waals surface area contributed by atoms with Crippen molar-refractivity contribution in [1.82, 2.24) is 8.96 Å². The first-order valence-corrected chi connectivity index (χ1v) is 6.81. The second kappa shape index (κ2) is 4.45. The molecular weight excluding hydrogens is 252 g/mol. The van der Waals surface area contributed by atoms with E-state index in [1.54, 1.807) is 33.1 Å². The summed E-state index contributed by atoms with van der Waals surface area (Å²) in [5.41, 5.74) is 0.774. The fourth-order valence-corrected chi connectivity index (χ4v) is 3.15. The molecule has 6 heteroatoms. The fraction of sp³-hybridized carbons (Fsp3) is 0.250. The number of ether oxygens (including phenoxy) is 1. The zero-order valence-corrected chi connectivity index (χ0v) is 11.2. The lowest BCUT2D eigenvalue weighted by Gasteiger charge is -2.10. The maximum Gasteiger partial charge on any atom is 0.269 e. The largest absolute Gasteiger partial charge is 0.496 e. The molecule has 1 aromatic heterocycles. The second-order valence-corrected chi connectivity index (χ2v) is 5.72. The number of aromatic nitrogens is 2. The minimum atomic E-state index is -3.58. The molecule has 96 valence electrons. The highest BCUT2D eigenvalue weighted by Gasteiger charge is 2.19. The highest BCUT2D eigenvalue weighted by molar-refractivity contribution is 7.90. The van der Waals surface area contributed by atoms with E-state index < -0.39 is 10.0 Å². The highest BCUT2D eigenvalue weighted by atomic mass is 32.2. The summed E-state index contributed by atoms with van der Waals surface area (Å²) in [7, 11) is -2.02. The monoisotopic (exact) mass is 266 g/mol. The summed E-state index contributed by atoms with van der Waals surface area (Å²) < 4.78 is 31.0. The Bertz CT molecular complexity index is 674. The van der Waals surface area contributed by atoms with E-state index in [0.717, 1.165) is 9.54 Å². The minimum Gasteiger partial charge on any atom is -0.496 e. The normalized spacial score (nSPS) is 11.5. The van der Waals surface area contributed by atoms with Gasteiger partial charge < -0.3 is 4.74 Å². The van der Waals surface area contributed by atoms with E-state index in [-0.39, 0.29) is 4.90 Å². The summed E-state index contributed by atoms with van der Waals surface area (Å²) in [5.74, 6) is 1.10. The molecule has 0 unspecified atom stereocenters. The summed E-state index contributed by atoms with van der Waals surface area (Å²) in [5, 5.41) is 0. The van der Waals surface area contributed by atoms with Gasteiger partial charge in [0.25, 0.3) is 10.0 Å². The first kappa shape index (κ1) is 12.6. The Labute approximate surface area is 106 Å². The quantitative estimate of drug-likeness (QED) is 0.849. The Kier molecular flexibility index (Phi) is 3.13. The fourth-order valence-electron chi connectivity index (χ4n) is 1.75. The molecule has 0 aliphatic heterocycles. The summed E-state index contributed by atoms with van der Waals surface area (Å²) in [6.45, 7) is 3.45. The van der Waals surface area contributed by atoms with Crippen LogP contribution in [0.3, 0.4) is 0 Å². The highest BCUT2D eigenvalue weighted by Crippen LogP contribution is 2.23. The Hall–Kier alpha value is -1.82. The van der Waals surface area contributed by atoms with Gasteiger partial charge in [0.15, 0.2) is 0 Å². The van der Waals surface area contributed by atoms with Crippen molar-refractivity contribution in [2.45, 2.75) is 18.7 Å². The molecule has 0 bridgehead atoms. The lowest BCUT2D eigenvalue weighted by molar-refractivity contribution is 0.411. The van der Waals surface area contributed by atoms with Gasteiger partial charge >= 0.3 is 0 Å². The molecular formula is C12H14N2O3S. The lowest BCUT2D eigenvalue weighted by Crippen LogP contribution is -2.13. The van der Waals surface area contributed by atoms with Crippen LogP contribution in [0, 0.1) is 13.8 Å². The molecule has 2 rings (SSSR count). The third-order valence-corrected chi connectivity index (χ3v) is 4.46. The van der Waals surface area contributed by atoms with Crippen molar-refractivity contribution in [2.75, 3.05) is 7.11 Å². The predicted octanol–water partition coefficient (Wildman–Crippen LogP) is 1.75. The molecule has 0 aliphatic rings. The number of methoxy groups -OCH3 is 1. The van der Waals surface area contributed by atoms with Gasteiger partial charge in [-0.25, -0.2) is 17.4 Å². The molecule has 0 saturated heterocycles. The Morgan fingerprint density at radius 2 is 2.00 bits per heavy atom. The van der Waals surface area contributed by atoms with Crippen LogP contribution in [0.5, 0.6) is 5.75 Å². The van der Waals surface area contributed by atoms with E-state index in [1.165, 1.54) is 18.5 Å². The zero-order chi connectivity index (χ0) is 13.3. The van der Waals surface area contributed by atoms with Gasteiger partial charge in [0.1, 0.15) is 11.6 Å². The van der Waals surface area contributed by atoms with Crippen molar-refractivity contribution >= 4 is 10.0 Å². The van der Waals surface area contributed by atoms with Crippen LogP contribution >= 0.6 is 0 Å². The molecule has 0 N–H and O–H groups in total. The molecule has 2 aromatic rings. The average Bonchev–Trinajstić information content (AvgIpc) is 2.76. The maximum atomic E-state index is 12.3. The average molecular weight is 266 g/mol. The number of benzene rings is 1. The van der Waals surface area contributed by atoms with Gasteiger partial charge in [0.2, 0.25) is 0 Å². The number of imidazole rings is 1. The van der Waals surface area contributed by atoms with Crippen molar-refractivity contribution in [1.29, 1.82) is 0 Å². The Morgan fingerprint density at radius 3 is 2.50 bits per heavy atom. The zero-order valence-electron chi connectivity index (χ0n) is 10.4. The van der Waals surface area contributed by atoms with E-state index >= 15 is 0 Å².